The number of anilines is 2. The molecule has 0 aromatic carbocycles. The number of thiophene rings is 1. The minimum Gasteiger partial charge on any atom is -0.492 e. The molecule has 0 saturated carbocycles. The van der Waals surface area contributed by atoms with Crippen molar-refractivity contribution in [3.63, 3.8) is 0 Å². The van der Waals surface area contributed by atoms with Crippen LogP contribution < -0.4 is 15.4 Å². The highest BCUT2D eigenvalue weighted by molar-refractivity contribution is 7.17. The van der Waals surface area contributed by atoms with Gasteiger partial charge in [0.25, 0.3) is 0 Å². The van der Waals surface area contributed by atoms with E-state index in [1.807, 2.05) is 0 Å². The van der Waals surface area contributed by atoms with E-state index in [2.05, 4.69) is 31.7 Å². The van der Waals surface area contributed by atoms with Crippen LogP contribution in [0.2, 0.25) is 0 Å². The first kappa shape index (κ1) is 14.0. The van der Waals surface area contributed by atoms with E-state index >= 15 is 0 Å². The Labute approximate surface area is 118 Å². The van der Waals surface area contributed by atoms with Crippen LogP contribution in [0.25, 0.3) is 0 Å². The van der Waals surface area contributed by atoms with E-state index in [0.29, 0.717) is 27.6 Å². The molecule has 1 aliphatic heterocycles. The van der Waals surface area contributed by atoms with Gasteiger partial charge in [0, 0.05) is 13.1 Å². The lowest BCUT2D eigenvalue weighted by atomic mass is 9.80. The molecule has 0 bridgehead atoms. The van der Waals surface area contributed by atoms with Gasteiger partial charge in [-0.05, 0) is 17.8 Å². The first-order valence-electron chi connectivity index (χ1n) is 6.49. The zero-order valence-electron chi connectivity index (χ0n) is 12.0. The van der Waals surface area contributed by atoms with E-state index in [0.717, 1.165) is 18.1 Å². The highest BCUT2D eigenvalue weighted by atomic mass is 32.1. The van der Waals surface area contributed by atoms with Gasteiger partial charge in [0.15, 0.2) is 5.75 Å². The summed E-state index contributed by atoms with van der Waals surface area (Å²) in [5.41, 5.74) is 6.73. The lowest BCUT2D eigenvalue weighted by Crippen LogP contribution is -2.25. The molecule has 1 unspecified atom stereocenters. The van der Waals surface area contributed by atoms with E-state index in [1.165, 1.54) is 17.8 Å². The predicted molar refractivity (Wildman–Crippen MR) is 79.8 cm³/mol. The van der Waals surface area contributed by atoms with Crippen LogP contribution in [0.1, 0.15) is 32.1 Å². The number of hydrogen-bond donors (Lipinski definition) is 1. The van der Waals surface area contributed by atoms with Gasteiger partial charge in [-0.2, -0.15) is 5.26 Å². The lowest BCUT2D eigenvalue weighted by molar-refractivity contribution is 0.263. The molecular weight excluding hydrogens is 258 g/mol. The second-order valence-corrected chi connectivity index (χ2v) is 7.09. The molecule has 2 heterocycles. The van der Waals surface area contributed by atoms with Gasteiger partial charge in [-0.25, -0.2) is 0 Å². The van der Waals surface area contributed by atoms with Crippen molar-refractivity contribution in [2.75, 3.05) is 30.8 Å². The molecule has 2 rings (SSSR count). The first-order valence-corrected chi connectivity index (χ1v) is 7.31. The van der Waals surface area contributed by atoms with Gasteiger partial charge in [-0.15, -0.1) is 11.3 Å². The Morgan fingerprint density at radius 2 is 2.16 bits per heavy atom. The third-order valence-corrected chi connectivity index (χ3v) is 5.04. The largest absolute Gasteiger partial charge is 0.492 e. The molecule has 1 atom stereocenters. The third kappa shape index (κ3) is 2.50. The molecule has 1 saturated heterocycles. The van der Waals surface area contributed by atoms with E-state index < -0.39 is 0 Å². The second kappa shape index (κ2) is 4.93. The van der Waals surface area contributed by atoms with Crippen LogP contribution in [0.3, 0.4) is 0 Å². The van der Waals surface area contributed by atoms with Crippen LogP contribution in [0.4, 0.5) is 10.7 Å². The molecule has 1 fully saturated rings. The van der Waals surface area contributed by atoms with Gasteiger partial charge in [0.05, 0.1) is 7.11 Å². The fourth-order valence-electron chi connectivity index (χ4n) is 2.56. The Balaban J connectivity index is 2.27. The van der Waals surface area contributed by atoms with Crippen molar-refractivity contribution in [2.24, 2.45) is 11.3 Å². The molecule has 0 amide bonds. The maximum Gasteiger partial charge on any atom is 0.177 e. The van der Waals surface area contributed by atoms with Gasteiger partial charge < -0.3 is 15.4 Å². The Morgan fingerprint density at radius 3 is 2.63 bits per heavy atom. The number of methoxy groups -OCH3 is 1. The summed E-state index contributed by atoms with van der Waals surface area (Å²) in [6.45, 7) is 8.85. The third-order valence-electron chi connectivity index (χ3n) is 3.89. The number of nitriles is 1. The zero-order chi connectivity index (χ0) is 14.2. The summed E-state index contributed by atoms with van der Waals surface area (Å²) in [4.78, 5) is 2.85. The molecule has 1 aromatic heterocycles. The lowest BCUT2D eigenvalue weighted by Gasteiger charge is -2.27. The summed E-state index contributed by atoms with van der Waals surface area (Å²) in [6.07, 6.45) is 1.17. The molecule has 0 radical (unpaired) electrons. The fourth-order valence-corrected chi connectivity index (χ4v) is 3.58. The number of hydrogen-bond acceptors (Lipinski definition) is 5. The number of nitrogens with zero attached hydrogens (tertiary/aromatic N) is 2. The summed E-state index contributed by atoms with van der Waals surface area (Å²) < 4.78 is 5.38. The van der Waals surface area contributed by atoms with E-state index in [9.17, 15) is 0 Å². The van der Waals surface area contributed by atoms with Gasteiger partial charge in [-0.1, -0.05) is 20.8 Å². The standard InChI is InChI=1S/C14H21N3OS/c1-14(2,3)9-5-6-17(8-9)13-12(18-4)11(16)10(7-15)19-13/h9H,5-6,8,16H2,1-4H3. The highest BCUT2D eigenvalue weighted by Crippen LogP contribution is 2.47. The Morgan fingerprint density at radius 1 is 1.47 bits per heavy atom. The maximum atomic E-state index is 9.08. The molecule has 1 aromatic rings. The van der Waals surface area contributed by atoms with Gasteiger partial charge in [0.1, 0.15) is 21.6 Å². The van der Waals surface area contributed by atoms with Crippen molar-refractivity contribution >= 4 is 22.0 Å². The Bertz CT molecular complexity index is 510. The average molecular weight is 279 g/mol. The van der Waals surface area contributed by atoms with Crippen LogP contribution in [-0.4, -0.2) is 20.2 Å². The summed E-state index contributed by atoms with van der Waals surface area (Å²) >= 11 is 1.44. The van der Waals surface area contributed by atoms with Gasteiger partial charge in [-0.3, -0.25) is 0 Å². The van der Waals surface area contributed by atoms with Crippen LogP contribution in [-0.2, 0) is 0 Å². The van der Waals surface area contributed by atoms with Crippen LogP contribution in [0.5, 0.6) is 5.75 Å². The average Bonchev–Trinajstić information content (AvgIpc) is 2.92. The zero-order valence-corrected chi connectivity index (χ0v) is 12.8. The van der Waals surface area contributed by atoms with Gasteiger partial charge >= 0.3 is 0 Å². The number of nitrogens with two attached hydrogens (primary N) is 1. The minimum absolute atomic E-state index is 0.308. The van der Waals surface area contributed by atoms with Crippen molar-refractivity contribution in [2.45, 2.75) is 27.2 Å². The van der Waals surface area contributed by atoms with Gasteiger partial charge in [0.2, 0.25) is 0 Å². The molecular formula is C14H21N3OS. The second-order valence-electron chi connectivity index (χ2n) is 6.09. The fraction of sp³-hybridized carbons (Fsp3) is 0.643. The van der Waals surface area contributed by atoms with E-state index in [4.69, 9.17) is 15.7 Å². The molecule has 1 aliphatic rings. The molecule has 104 valence electrons. The first-order chi connectivity index (χ1) is 8.88. The quantitative estimate of drug-likeness (QED) is 0.903. The van der Waals surface area contributed by atoms with Crippen LogP contribution in [0.15, 0.2) is 0 Å². The Hall–Kier alpha value is -1.41. The highest BCUT2D eigenvalue weighted by Gasteiger charge is 2.34. The molecule has 2 N–H and O–H groups in total. The van der Waals surface area contributed by atoms with Crippen molar-refractivity contribution < 1.29 is 4.74 Å². The molecule has 4 nitrogen and oxygen atoms in total. The summed E-state index contributed by atoms with van der Waals surface area (Å²) in [5.74, 6) is 1.32. The predicted octanol–water partition coefficient (Wildman–Crippen LogP) is 3.08. The van der Waals surface area contributed by atoms with E-state index in [-0.39, 0.29) is 0 Å². The Kier molecular flexibility index (Phi) is 3.64. The van der Waals surface area contributed by atoms with E-state index in [1.54, 1.807) is 7.11 Å². The van der Waals surface area contributed by atoms with Crippen molar-refractivity contribution in [1.82, 2.24) is 0 Å². The molecule has 0 aliphatic carbocycles. The topological polar surface area (TPSA) is 62.3 Å². The minimum atomic E-state index is 0.308. The maximum absolute atomic E-state index is 9.08. The summed E-state index contributed by atoms with van der Waals surface area (Å²) in [5, 5.41) is 10.1. The summed E-state index contributed by atoms with van der Waals surface area (Å²) in [7, 11) is 1.61. The number of rotatable bonds is 2. The van der Waals surface area contributed by atoms with Crippen LogP contribution in [0, 0.1) is 22.7 Å². The number of ether oxygens (including phenoxy) is 1. The van der Waals surface area contributed by atoms with Crippen LogP contribution >= 0.6 is 11.3 Å². The molecule has 5 heteroatoms. The SMILES string of the molecule is COc1c(N2CCC(C(C)(C)C)C2)sc(C#N)c1N. The molecule has 0 spiro atoms. The van der Waals surface area contributed by atoms with Crippen molar-refractivity contribution in [3.8, 4) is 11.8 Å². The normalized spacial score (nSPS) is 19.5. The monoisotopic (exact) mass is 279 g/mol. The van der Waals surface area contributed by atoms with Crippen molar-refractivity contribution in [3.05, 3.63) is 4.88 Å². The molecule has 19 heavy (non-hydrogen) atoms. The number of nitrogen functional groups attached to an aromatic ring is 1. The smallest absolute Gasteiger partial charge is 0.177 e. The summed E-state index contributed by atoms with van der Waals surface area (Å²) in [6, 6.07) is 2.14. The van der Waals surface area contributed by atoms with Crippen molar-refractivity contribution in [1.29, 1.82) is 5.26 Å².